The van der Waals surface area contributed by atoms with Crippen molar-refractivity contribution in [3.8, 4) is 28.6 Å². The molecule has 0 saturated carbocycles. The summed E-state index contributed by atoms with van der Waals surface area (Å²) in [5.74, 6) is -0.309. The van der Waals surface area contributed by atoms with E-state index in [2.05, 4.69) is 16.2 Å². The van der Waals surface area contributed by atoms with Gasteiger partial charge in [-0.1, -0.05) is 24.3 Å². The van der Waals surface area contributed by atoms with Crippen LogP contribution in [0.15, 0.2) is 72.8 Å². The standard InChI is InChI=1S/C23H15FN4O2/c1-15-26-22(27-28(15)20-10-8-19(24)9-11-20)23(29)30-21-12-6-18(7-13-21)17-4-2-16(14-25)3-5-17/h2-13H,1H3. The molecule has 0 spiro atoms. The smallest absolute Gasteiger partial charge is 0.383 e. The normalized spacial score (nSPS) is 10.4. The maximum absolute atomic E-state index is 13.1. The molecule has 1 heterocycles. The fourth-order valence-corrected chi connectivity index (χ4v) is 2.91. The molecule has 6 nitrogen and oxygen atoms in total. The maximum atomic E-state index is 13.1. The Balaban J connectivity index is 1.49. The lowest BCUT2D eigenvalue weighted by molar-refractivity contribution is 0.0722. The summed E-state index contributed by atoms with van der Waals surface area (Å²) >= 11 is 0. The summed E-state index contributed by atoms with van der Waals surface area (Å²) in [5, 5.41) is 13.1. The molecule has 4 aromatic rings. The molecule has 0 radical (unpaired) electrons. The van der Waals surface area contributed by atoms with Crippen LogP contribution in [0.5, 0.6) is 5.75 Å². The molecule has 4 rings (SSSR count). The molecule has 0 amide bonds. The number of aromatic nitrogens is 3. The number of hydrogen-bond acceptors (Lipinski definition) is 5. The first-order chi connectivity index (χ1) is 14.5. The Labute approximate surface area is 171 Å². The highest BCUT2D eigenvalue weighted by molar-refractivity contribution is 5.87. The molecule has 0 saturated heterocycles. The van der Waals surface area contributed by atoms with Gasteiger partial charge in [-0.2, -0.15) is 5.26 Å². The van der Waals surface area contributed by atoms with Crippen molar-refractivity contribution in [3.05, 3.63) is 95.8 Å². The number of nitrogens with zero attached hydrogens (tertiary/aromatic N) is 4. The molecule has 1 aromatic heterocycles. The number of carbonyl (C=O) groups is 1. The summed E-state index contributed by atoms with van der Waals surface area (Å²) < 4.78 is 19.9. The van der Waals surface area contributed by atoms with Gasteiger partial charge in [-0.05, 0) is 66.6 Å². The number of hydrogen-bond donors (Lipinski definition) is 0. The van der Waals surface area contributed by atoms with Gasteiger partial charge >= 0.3 is 5.97 Å². The molecule has 0 unspecified atom stereocenters. The van der Waals surface area contributed by atoms with Crippen molar-refractivity contribution in [2.75, 3.05) is 0 Å². The van der Waals surface area contributed by atoms with Crippen LogP contribution in [-0.2, 0) is 0 Å². The average Bonchev–Trinajstić information content (AvgIpc) is 3.17. The topological polar surface area (TPSA) is 80.8 Å². The van der Waals surface area contributed by atoms with Crippen LogP contribution in [0.4, 0.5) is 4.39 Å². The lowest BCUT2D eigenvalue weighted by atomic mass is 10.0. The molecule has 0 fully saturated rings. The zero-order valence-electron chi connectivity index (χ0n) is 15.9. The molecule has 0 aliphatic heterocycles. The van der Waals surface area contributed by atoms with Crippen LogP contribution in [0.1, 0.15) is 22.0 Å². The van der Waals surface area contributed by atoms with Crippen molar-refractivity contribution in [3.63, 3.8) is 0 Å². The minimum absolute atomic E-state index is 0.0898. The van der Waals surface area contributed by atoms with E-state index in [0.29, 0.717) is 22.8 Å². The molecule has 30 heavy (non-hydrogen) atoms. The summed E-state index contributed by atoms with van der Waals surface area (Å²) in [6.07, 6.45) is 0. The van der Waals surface area contributed by atoms with Crippen molar-refractivity contribution in [1.29, 1.82) is 5.26 Å². The van der Waals surface area contributed by atoms with Crippen molar-refractivity contribution >= 4 is 5.97 Å². The first-order valence-electron chi connectivity index (χ1n) is 9.06. The van der Waals surface area contributed by atoms with E-state index in [1.54, 1.807) is 43.3 Å². The molecule has 0 aliphatic rings. The van der Waals surface area contributed by atoms with E-state index in [1.807, 2.05) is 24.3 Å². The summed E-state index contributed by atoms with van der Waals surface area (Å²) in [6, 6.07) is 22.0. The van der Waals surface area contributed by atoms with Crippen LogP contribution in [0.25, 0.3) is 16.8 Å². The van der Waals surface area contributed by atoms with Crippen LogP contribution in [-0.4, -0.2) is 20.7 Å². The van der Waals surface area contributed by atoms with Crippen LogP contribution in [0.2, 0.25) is 0 Å². The summed E-state index contributed by atoms with van der Waals surface area (Å²) in [6.45, 7) is 1.69. The van der Waals surface area contributed by atoms with E-state index in [-0.39, 0.29) is 11.6 Å². The lowest BCUT2D eigenvalue weighted by Crippen LogP contribution is -2.11. The van der Waals surface area contributed by atoms with Gasteiger partial charge in [0.1, 0.15) is 17.4 Å². The van der Waals surface area contributed by atoms with E-state index >= 15 is 0 Å². The SMILES string of the molecule is Cc1nc(C(=O)Oc2ccc(-c3ccc(C#N)cc3)cc2)nn1-c1ccc(F)cc1. The third-order valence-electron chi connectivity index (χ3n) is 4.43. The fourth-order valence-electron chi connectivity index (χ4n) is 2.91. The Bertz CT molecular complexity index is 1240. The third-order valence-corrected chi connectivity index (χ3v) is 4.43. The minimum atomic E-state index is -0.690. The number of benzene rings is 3. The van der Waals surface area contributed by atoms with Crippen LogP contribution < -0.4 is 4.74 Å². The summed E-state index contributed by atoms with van der Waals surface area (Å²) in [5.41, 5.74) is 3.05. The lowest BCUT2D eigenvalue weighted by Gasteiger charge is -2.05. The maximum Gasteiger partial charge on any atom is 0.383 e. The van der Waals surface area contributed by atoms with Gasteiger partial charge in [-0.15, -0.1) is 5.10 Å². The number of carbonyl (C=O) groups excluding carboxylic acids is 1. The van der Waals surface area contributed by atoms with Gasteiger partial charge in [-0.3, -0.25) is 0 Å². The van der Waals surface area contributed by atoms with Crippen LogP contribution in [0.3, 0.4) is 0 Å². The zero-order chi connectivity index (χ0) is 21.1. The van der Waals surface area contributed by atoms with Gasteiger partial charge in [-0.25, -0.2) is 18.9 Å². The molecule has 146 valence electrons. The average molecular weight is 398 g/mol. The van der Waals surface area contributed by atoms with E-state index in [0.717, 1.165) is 11.1 Å². The third kappa shape index (κ3) is 3.93. The molecule has 7 heteroatoms. The summed E-state index contributed by atoms with van der Waals surface area (Å²) in [4.78, 5) is 16.6. The van der Waals surface area contributed by atoms with Crippen LogP contribution >= 0.6 is 0 Å². The minimum Gasteiger partial charge on any atom is -0.421 e. The Morgan fingerprint density at radius 1 is 0.967 bits per heavy atom. The first kappa shape index (κ1) is 19.0. The molecular formula is C23H15FN4O2. The van der Waals surface area contributed by atoms with Crippen molar-refractivity contribution in [2.24, 2.45) is 0 Å². The van der Waals surface area contributed by atoms with Gasteiger partial charge < -0.3 is 4.74 Å². The number of esters is 1. The Kier molecular flexibility index (Phi) is 5.06. The zero-order valence-corrected chi connectivity index (χ0v) is 15.9. The summed E-state index contributed by atoms with van der Waals surface area (Å²) in [7, 11) is 0. The molecule has 0 atom stereocenters. The van der Waals surface area contributed by atoms with Gasteiger partial charge in [0, 0.05) is 0 Å². The van der Waals surface area contributed by atoms with E-state index in [1.165, 1.54) is 16.8 Å². The number of rotatable bonds is 4. The van der Waals surface area contributed by atoms with Gasteiger partial charge in [0.05, 0.1) is 17.3 Å². The van der Waals surface area contributed by atoms with E-state index in [4.69, 9.17) is 10.00 Å². The first-order valence-corrected chi connectivity index (χ1v) is 9.06. The largest absolute Gasteiger partial charge is 0.421 e. The van der Waals surface area contributed by atoms with Crippen molar-refractivity contribution in [1.82, 2.24) is 14.8 Å². The number of aryl methyl sites for hydroxylation is 1. The number of ether oxygens (including phenoxy) is 1. The monoisotopic (exact) mass is 398 g/mol. The van der Waals surface area contributed by atoms with E-state index < -0.39 is 5.97 Å². The fraction of sp³-hybridized carbons (Fsp3) is 0.0435. The molecule has 3 aromatic carbocycles. The second kappa shape index (κ2) is 7.97. The number of halogens is 1. The highest BCUT2D eigenvalue weighted by Crippen LogP contribution is 2.23. The quantitative estimate of drug-likeness (QED) is 0.374. The number of nitriles is 1. The van der Waals surface area contributed by atoms with Gasteiger partial charge in [0.2, 0.25) is 0 Å². The Morgan fingerprint density at radius 2 is 1.57 bits per heavy atom. The molecule has 0 aliphatic carbocycles. The predicted octanol–water partition coefficient (Wildman–Crippen LogP) is 4.47. The second-order valence-electron chi connectivity index (χ2n) is 6.47. The molecular weight excluding hydrogens is 383 g/mol. The highest BCUT2D eigenvalue weighted by atomic mass is 19.1. The Morgan fingerprint density at radius 3 is 2.17 bits per heavy atom. The molecule has 0 bridgehead atoms. The van der Waals surface area contributed by atoms with Gasteiger partial charge in [0.15, 0.2) is 0 Å². The predicted molar refractivity (Wildman–Crippen MR) is 108 cm³/mol. The van der Waals surface area contributed by atoms with Crippen molar-refractivity contribution < 1.29 is 13.9 Å². The van der Waals surface area contributed by atoms with Gasteiger partial charge in [0.25, 0.3) is 5.82 Å². The molecule has 0 N–H and O–H groups in total. The second-order valence-corrected chi connectivity index (χ2v) is 6.47. The van der Waals surface area contributed by atoms with Crippen LogP contribution in [0, 0.1) is 24.1 Å². The van der Waals surface area contributed by atoms with Crippen molar-refractivity contribution in [2.45, 2.75) is 6.92 Å². The Hall–Kier alpha value is -4.31. The van der Waals surface area contributed by atoms with E-state index in [9.17, 15) is 9.18 Å². The highest BCUT2D eigenvalue weighted by Gasteiger charge is 2.17.